The van der Waals surface area contributed by atoms with E-state index in [1.807, 2.05) is 0 Å². The molecule has 0 atom stereocenters. The summed E-state index contributed by atoms with van der Waals surface area (Å²) in [5, 5.41) is 0. The number of hydrogen-bond donors (Lipinski definition) is 0. The summed E-state index contributed by atoms with van der Waals surface area (Å²) in [6.45, 7) is 0. The third kappa shape index (κ3) is 40.7. The Morgan fingerprint density at radius 1 is 0.833 bits per heavy atom. The zero-order valence-corrected chi connectivity index (χ0v) is 4.93. The topological polar surface area (TPSA) is 0 Å². The summed E-state index contributed by atoms with van der Waals surface area (Å²) in [6.07, 6.45) is 0. The molecule has 0 amide bonds. The normalized spacial score (nSPS) is 10.0. The van der Waals surface area contributed by atoms with E-state index in [4.69, 9.17) is 0 Å². The van der Waals surface area contributed by atoms with Gasteiger partial charge in [-0.25, -0.2) is 0 Å². The van der Waals surface area contributed by atoms with Crippen LogP contribution < -0.4 is 0 Å². The fourth-order valence-corrected chi connectivity index (χ4v) is 0. The van der Waals surface area contributed by atoms with Crippen LogP contribution in [0.4, 0.5) is 7.70 Å². The molecule has 0 aliphatic carbocycles. The summed E-state index contributed by atoms with van der Waals surface area (Å²) in [7, 11) is 0. The van der Waals surface area contributed by atoms with Crippen molar-refractivity contribution in [3.63, 3.8) is 0 Å². The van der Waals surface area contributed by atoms with Gasteiger partial charge in [-0.15, -0.1) is 0 Å². The van der Waals surface area contributed by atoms with Crippen molar-refractivity contribution in [1.82, 2.24) is 0 Å². The predicted molar refractivity (Wildman–Crippen MR) is 11.6 cm³/mol. The molecule has 6 heavy (non-hydrogen) atoms. The van der Waals surface area contributed by atoms with Crippen LogP contribution in [0.1, 0.15) is 0 Å². The van der Waals surface area contributed by atoms with Gasteiger partial charge in [0.1, 0.15) is 0 Å². The Kier molecular flexibility index (Phi) is 6.77. The van der Waals surface area contributed by atoms with Crippen molar-refractivity contribution >= 4 is 29.6 Å². The SMILES string of the molecule is [F][Y]([F])([F])[F].[NaH]. The van der Waals surface area contributed by atoms with E-state index >= 15 is 0 Å². The Morgan fingerprint density at radius 2 is 0.833 bits per heavy atom. The van der Waals surface area contributed by atoms with Crippen molar-refractivity contribution in [2.75, 3.05) is 0 Å². The second kappa shape index (κ2) is 3.78. The van der Waals surface area contributed by atoms with E-state index in [9.17, 15) is 7.70 Å². The molecule has 0 aromatic carbocycles. The molecular weight excluding hydrogens is 188 g/mol. The maximum atomic E-state index is 9.91. The number of hydrogen-bond acceptors (Lipinski definition) is 0. The van der Waals surface area contributed by atoms with Crippen molar-refractivity contribution in [3.8, 4) is 0 Å². The minimum absolute atomic E-state index is 0. The standard InChI is InChI=1S/4FH.Na.Y.H/h4*1H;;;/q;;;;;+4;/p-4. The van der Waals surface area contributed by atoms with Crippen LogP contribution in [0.25, 0.3) is 0 Å². The Morgan fingerprint density at radius 3 is 0.833 bits per heavy atom. The van der Waals surface area contributed by atoms with Gasteiger partial charge in [-0.3, -0.25) is 0 Å². The molecule has 0 nitrogen and oxygen atoms in total. The fraction of sp³-hybridized carbons (Fsp3) is 0. The molecule has 0 rings (SSSR count). The molecule has 0 saturated carbocycles. The van der Waals surface area contributed by atoms with Crippen LogP contribution in [-0.2, 0) is 28.5 Å². The molecule has 0 aliphatic rings. The van der Waals surface area contributed by atoms with Crippen LogP contribution in [0.5, 0.6) is 0 Å². The molecule has 0 aromatic heterocycles. The van der Waals surface area contributed by atoms with Gasteiger partial charge >= 0.3 is 65.8 Å². The predicted octanol–water partition coefficient (Wildman–Crippen LogP) is 1.03. The average Bonchev–Trinajstić information content (AvgIpc) is 0.722. The molecule has 0 bridgehead atoms. The number of halogens is 4. The van der Waals surface area contributed by atoms with E-state index < -0.39 is 28.5 Å². The van der Waals surface area contributed by atoms with E-state index in [1.165, 1.54) is 0 Å². The van der Waals surface area contributed by atoms with Gasteiger partial charge in [-0.05, 0) is 0 Å². The summed E-state index contributed by atoms with van der Waals surface area (Å²) in [6, 6.07) is 0. The summed E-state index contributed by atoms with van der Waals surface area (Å²) < 4.78 is 39.6. The van der Waals surface area contributed by atoms with Crippen LogP contribution in [0.3, 0.4) is 0 Å². The molecule has 33 valence electrons. The third-order valence-corrected chi connectivity index (χ3v) is 0. The van der Waals surface area contributed by atoms with Gasteiger partial charge in [0, 0.05) is 0 Å². The summed E-state index contributed by atoms with van der Waals surface area (Å²) in [4.78, 5) is 0. The van der Waals surface area contributed by atoms with Gasteiger partial charge in [0.15, 0.2) is 0 Å². The van der Waals surface area contributed by atoms with E-state index in [0.717, 1.165) is 0 Å². The quantitative estimate of drug-likeness (QED) is 0.394. The van der Waals surface area contributed by atoms with Crippen LogP contribution in [0, 0.1) is 0 Å². The monoisotopic (exact) mass is 189 g/mol. The molecule has 0 aliphatic heterocycles. The molecule has 0 fully saturated rings. The zero-order chi connectivity index (χ0) is 4.50. The molecule has 0 saturated heterocycles. The van der Waals surface area contributed by atoms with Crippen LogP contribution in [0.15, 0.2) is 0 Å². The van der Waals surface area contributed by atoms with Gasteiger partial charge in [0.05, 0.1) is 0 Å². The first-order chi connectivity index (χ1) is 2.00. The molecule has 0 radical (unpaired) electrons. The molecular formula is HF4NaY. The van der Waals surface area contributed by atoms with Gasteiger partial charge in [-0.2, -0.15) is 0 Å². The second-order valence-corrected chi connectivity index (χ2v) is 2.93. The summed E-state index contributed by atoms with van der Waals surface area (Å²) in [5.41, 5.74) is 0. The molecule has 0 spiro atoms. The number of rotatable bonds is 0. The van der Waals surface area contributed by atoms with Gasteiger partial charge < -0.3 is 0 Å². The van der Waals surface area contributed by atoms with E-state index in [-0.39, 0.29) is 29.6 Å². The van der Waals surface area contributed by atoms with Crippen LogP contribution in [-0.4, -0.2) is 29.6 Å². The molecule has 0 unspecified atom stereocenters. The first-order valence-corrected chi connectivity index (χ1v) is 5.16. The average molecular weight is 189 g/mol. The summed E-state index contributed by atoms with van der Waals surface area (Å²) in [5.74, 6) is 0. The zero-order valence-electron chi connectivity index (χ0n) is 2.09. The van der Waals surface area contributed by atoms with Crippen LogP contribution in [0.2, 0.25) is 0 Å². The Balaban J connectivity index is 0. The van der Waals surface area contributed by atoms with E-state index in [0.29, 0.717) is 0 Å². The van der Waals surface area contributed by atoms with Crippen molar-refractivity contribution in [1.29, 1.82) is 0 Å². The van der Waals surface area contributed by atoms with Gasteiger partial charge in [0.2, 0.25) is 0 Å². The van der Waals surface area contributed by atoms with Gasteiger partial charge in [0.25, 0.3) is 0 Å². The second-order valence-electron chi connectivity index (χ2n) is 0.495. The molecule has 0 aromatic rings. The van der Waals surface area contributed by atoms with Gasteiger partial charge in [-0.1, -0.05) is 0 Å². The minimum atomic E-state index is -7.26. The molecule has 0 N–H and O–H groups in total. The summed E-state index contributed by atoms with van der Waals surface area (Å²) >= 11 is -7.26. The van der Waals surface area contributed by atoms with Crippen LogP contribution >= 0.6 is 0 Å². The van der Waals surface area contributed by atoms with Crippen molar-refractivity contribution in [2.24, 2.45) is 0 Å². The first kappa shape index (κ1) is 10.7. The van der Waals surface area contributed by atoms with E-state index in [1.54, 1.807) is 0 Å². The Labute approximate surface area is 64.8 Å². The maximum absolute atomic E-state index is 9.91. The van der Waals surface area contributed by atoms with Crippen molar-refractivity contribution in [2.45, 2.75) is 0 Å². The third-order valence-electron chi connectivity index (χ3n) is 0. The van der Waals surface area contributed by atoms with Crippen molar-refractivity contribution in [3.05, 3.63) is 0 Å². The first-order valence-electron chi connectivity index (χ1n) is 0.873. The van der Waals surface area contributed by atoms with E-state index in [2.05, 4.69) is 0 Å². The Hall–Kier alpha value is 1.82. The Bertz CT molecular complexity index is 23.0. The molecule has 0 heterocycles. The van der Waals surface area contributed by atoms with Crippen molar-refractivity contribution < 1.29 is 36.2 Å². The fourth-order valence-electron chi connectivity index (χ4n) is 0. The molecule has 6 heteroatoms.